The third-order valence-electron chi connectivity index (χ3n) is 5.73. The Hall–Kier alpha value is -4.18. The molecule has 2 atom stereocenters. The number of amides is 1. The molecule has 2 aromatic heterocycles. The Labute approximate surface area is 226 Å². The number of phosphoric acid groups is 1. The van der Waals surface area contributed by atoms with Gasteiger partial charge in [0, 0.05) is 19.6 Å². The van der Waals surface area contributed by atoms with Gasteiger partial charge in [0.1, 0.15) is 12.2 Å². The van der Waals surface area contributed by atoms with E-state index in [1.165, 1.54) is 22.8 Å². The van der Waals surface area contributed by atoms with Crippen molar-refractivity contribution in [2.75, 3.05) is 35.2 Å². The van der Waals surface area contributed by atoms with Crippen molar-refractivity contribution in [1.29, 1.82) is 10.5 Å². The van der Waals surface area contributed by atoms with E-state index in [4.69, 9.17) is 21.2 Å². The Morgan fingerprint density at radius 2 is 2.10 bits per heavy atom. The van der Waals surface area contributed by atoms with Crippen molar-refractivity contribution >= 4 is 54.3 Å². The number of hydrogen-bond donors (Lipinski definition) is 6. The number of carboxylic acid groups (broad SMARTS) is 1. The molecule has 1 amide bonds. The maximum absolute atomic E-state index is 11.5. The van der Waals surface area contributed by atoms with Gasteiger partial charge >= 0.3 is 13.9 Å². The number of nitrogens with zero attached hydrogens (tertiary/aromatic N) is 7. The highest BCUT2D eigenvalue weighted by atomic mass is 35.5. The molecule has 39 heavy (non-hydrogen) atoms. The fraction of sp³-hybridized carbons (Fsp3) is 0.333. The Morgan fingerprint density at radius 1 is 1.33 bits per heavy atom. The number of piperidine rings is 1. The van der Waals surface area contributed by atoms with Crippen LogP contribution < -0.4 is 20.9 Å². The summed E-state index contributed by atoms with van der Waals surface area (Å²) in [5, 5.41) is 40.9. The normalized spacial score (nSPS) is 17.3. The van der Waals surface area contributed by atoms with Gasteiger partial charge in [-0.2, -0.15) is 20.0 Å². The van der Waals surface area contributed by atoms with Gasteiger partial charge in [0.25, 0.3) is 0 Å². The van der Waals surface area contributed by atoms with Gasteiger partial charge in [-0.15, -0.1) is 5.10 Å². The fourth-order valence-electron chi connectivity index (χ4n) is 4.15. The molecule has 6 N–H and O–H groups in total. The number of halogens is 1. The summed E-state index contributed by atoms with van der Waals surface area (Å²) in [4.78, 5) is 40.1. The van der Waals surface area contributed by atoms with Gasteiger partial charge in [-0.05, 0) is 25.5 Å². The van der Waals surface area contributed by atoms with E-state index in [2.05, 4.69) is 31.0 Å². The lowest BCUT2D eigenvalue weighted by molar-refractivity contribution is 0.0903. The first-order valence-electron chi connectivity index (χ1n) is 11.4. The van der Waals surface area contributed by atoms with E-state index in [0.29, 0.717) is 23.7 Å². The third kappa shape index (κ3) is 6.28. The van der Waals surface area contributed by atoms with Crippen LogP contribution in [0.15, 0.2) is 18.3 Å². The van der Waals surface area contributed by atoms with Crippen LogP contribution >= 0.6 is 19.4 Å². The molecule has 3 heterocycles. The molecule has 1 aliphatic rings. The first-order valence-corrected chi connectivity index (χ1v) is 13.3. The standard InChI is InChI=1S/C21H22ClN10O6P/c1-2-25-18-19-26-9-12(8-24)32(19)30-20(29-18)27-14-5-11(7-23)6-15(17(14)22)31-4-3-13(28-21(33)34)16(10-31)38-39(35,36)37/h5-6,9,13,16,28H,2-4,10H2,1H3,(H,33,34)(H2,35,36,37)(H2,25,27,29,30)/t13-,16+/m1/s1. The van der Waals surface area contributed by atoms with Gasteiger partial charge in [-0.1, -0.05) is 11.6 Å². The SMILES string of the molecule is CCNc1nc(Nc2cc(C#N)cc(N3CC[C@@H](NC(=O)O)[C@@H](OP(=O)(O)O)C3)c2Cl)nn2c(C#N)cnc12. The van der Waals surface area contributed by atoms with Crippen LogP contribution in [0.2, 0.25) is 5.02 Å². The van der Waals surface area contributed by atoms with Crippen molar-refractivity contribution in [2.45, 2.75) is 25.5 Å². The molecule has 0 unspecified atom stereocenters. The minimum Gasteiger partial charge on any atom is -0.465 e. The predicted octanol–water partition coefficient (Wildman–Crippen LogP) is 2.02. The Morgan fingerprint density at radius 3 is 2.74 bits per heavy atom. The van der Waals surface area contributed by atoms with Crippen molar-refractivity contribution in [3.8, 4) is 12.1 Å². The highest BCUT2D eigenvalue weighted by Gasteiger charge is 2.36. The summed E-state index contributed by atoms with van der Waals surface area (Å²) < 4.78 is 17.7. The van der Waals surface area contributed by atoms with E-state index in [9.17, 15) is 29.7 Å². The van der Waals surface area contributed by atoms with Crippen molar-refractivity contribution in [2.24, 2.45) is 0 Å². The van der Waals surface area contributed by atoms with E-state index in [1.807, 2.05) is 19.1 Å². The van der Waals surface area contributed by atoms with E-state index in [1.54, 1.807) is 4.90 Å². The number of rotatable bonds is 8. The highest BCUT2D eigenvalue weighted by Crippen LogP contribution is 2.42. The zero-order valence-corrected chi connectivity index (χ0v) is 21.9. The van der Waals surface area contributed by atoms with Crippen LogP contribution in [-0.2, 0) is 9.09 Å². The average Bonchev–Trinajstić information content (AvgIpc) is 3.28. The monoisotopic (exact) mass is 576 g/mol. The van der Waals surface area contributed by atoms with E-state index < -0.39 is 26.1 Å². The van der Waals surface area contributed by atoms with Gasteiger partial charge < -0.3 is 35.7 Å². The minimum atomic E-state index is -4.96. The molecule has 3 aromatic rings. The van der Waals surface area contributed by atoms with Crippen LogP contribution in [0.1, 0.15) is 24.6 Å². The zero-order chi connectivity index (χ0) is 28.3. The van der Waals surface area contributed by atoms with Crippen molar-refractivity contribution in [3.05, 3.63) is 34.6 Å². The number of nitrogens with one attached hydrogen (secondary N) is 3. The molecule has 1 aliphatic heterocycles. The number of carbonyl (C=O) groups is 1. The van der Waals surface area contributed by atoms with E-state index >= 15 is 0 Å². The molecular weight excluding hydrogens is 555 g/mol. The molecule has 1 aromatic carbocycles. The zero-order valence-electron chi connectivity index (χ0n) is 20.2. The smallest absolute Gasteiger partial charge is 0.465 e. The second kappa shape index (κ2) is 11.3. The molecule has 0 saturated carbocycles. The van der Waals surface area contributed by atoms with Gasteiger partial charge in [-0.3, -0.25) is 4.52 Å². The first-order chi connectivity index (χ1) is 18.5. The number of benzene rings is 1. The molecule has 18 heteroatoms. The summed E-state index contributed by atoms with van der Waals surface area (Å²) in [7, 11) is -4.96. The molecule has 0 radical (unpaired) electrons. The molecule has 204 valence electrons. The number of anilines is 4. The number of imidazole rings is 1. The largest absolute Gasteiger partial charge is 0.469 e. The summed E-state index contributed by atoms with van der Waals surface area (Å²) in [6.45, 7) is 2.46. The number of aromatic nitrogens is 4. The molecule has 1 fully saturated rings. The van der Waals surface area contributed by atoms with Crippen molar-refractivity contribution in [1.82, 2.24) is 24.9 Å². The molecule has 0 bridgehead atoms. The summed E-state index contributed by atoms with van der Waals surface area (Å²) in [6, 6.07) is 6.10. The topological polar surface area (TPSA) is 234 Å². The van der Waals surface area contributed by atoms with E-state index in [-0.39, 0.29) is 47.4 Å². The van der Waals surface area contributed by atoms with Crippen LogP contribution in [0.25, 0.3) is 5.65 Å². The second-order valence-electron chi connectivity index (χ2n) is 8.32. The lowest BCUT2D eigenvalue weighted by atomic mass is 10.0. The van der Waals surface area contributed by atoms with Gasteiger partial charge in [0.15, 0.2) is 17.2 Å². The highest BCUT2D eigenvalue weighted by molar-refractivity contribution is 7.46. The average molecular weight is 577 g/mol. The van der Waals surface area contributed by atoms with Gasteiger partial charge in [-0.25, -0.2) is 14.3 Å². The molecule has 0 spiro atoms. The number of hydrogen-bond acceptors (Lipinski definition) is 11. The number of nitriles is 2. The Bertz CT molecular complexity index is 1550. The lowest BCUT2D eigenvalue weighted by Crippen LogP contribution is -2.54. The molecule has 0 aliphatic carbocycles. The summed E-state index contributed by atoms with van der Waals surface area (Å²) in [5.41, 5.74) is 1.28. The van der Waals surface area contributed by atoms with Crippen molar-refractivity contribution in [3.63, 3.8) is 0 Å². The quantitative estimate of drug-likeness (QED) is 0.210. The second-order valence-corrected chi connectivity index (χ2v) is 9.89. The lowest BCUT2D eigenvalue weighted by Gasteiger charge is -2.39. The summed E-state index contributed by atoms with van der Waals surface area (Å²) in [6.07, 6.45) is -1.09. The summed E-state index contributed by atoms with van der Waals surface area (Å²) >= 11 is 6.72. The van der Waals surface area contributed by atoms with Crippen LogP contribution in [0.4, 0.5) is 27.9 Å². The molecular formula is C21H22ClN10O6P. The predicted molar refractivity (Wildman–Crippen MR) is 138 cm³/mol. The van der Waals surface area contributed by atoms with Crippen LogP contribution in [0, 0.1) is 22.7 Å². The van der Waals surface area contributed by atoms with E-state index in [0.717, 1.165) is 0 Å². The molecule has 1 saturated heterocycles. The number of fused-ring (bicyclic) bond motifs is 1. The van der Waals surface area contributed by atoms with Crippen LogP contribution in [0.3, 0.4) is 0 Å². The third-order valence-corrected chi connectivity index (χ3v) is 6.67. The fourth-order valence-corrected chi connectivity index (χ4v) is 5.00. The Balaban J connectivity index is 1.71. The Kier molecular flexibility index (Phi) is 8.06. The maximum Gasteiger partial charge on any atom is 0.469 e. The minimum absolute atomic E-state index is 0.0444. The van der Waals surface area contributed by atoms with Crippen LogP contribution in [0.5, 0.6) is 0 Å². The maximum atomic E-state index is 11.5. The summed E-state index contributed by atoms with van der Waals surface area (Å²) in [5.74, 6) is 0.401. The first kappa shape index (κ1) is 27.8. The molecule has 16 nitrogen and oxygen atoms in total. The van der Waals surface area contributed by atoms with Crippen LogP contribution in [-0.4, -0.2) is 72.3 Å². The van der Waals surface area contributed by atoms with Gasteiger partial charge in [0.2, 0.25) is 5.95 Å². The number of phosphoric ester groups is 1. The van der Waals surface area contributed by atoms with Gasteiger partial charge in [0.05, 0.1) is 40.3 Å². The molecule has 4 rings (SSSR count). The van der Waals surface area contributed by atoms with Crippen molar-refractivity contribution < 1.29 is 28.8 Å².